The Morgan fingerprint density at radius 1 is 1.60 bits per heavy atom. The Morgan fingerprint density at radius 2 is 2.40 bits per heavy atom. The monoisotopic (exact) mass is 293 g/mol. The largest absolute Gasteiger partial charge is 0.364 e. The van der Waals surface area contributed by atoms with Crippen LogP contribution in [-0.2, 0) is 5.75 Å². The molecule has 0 saturated heterocycles. The number of amides is 1. The lowest BCUT2D eigenvalue weighted by Crippen LogP contribution is -2.35. The number of nitrogens with zero attached hydrogens (tertiary/aromatic N) is 4. The Labute approximate surface area is 120 Å². The first-order chi connectivity index (χ1) is 9.67. The molecule has 106 valence electrons. The van der Waals surface area contributed by atoms with Crippen molar-refractivity contribution < 1.29 is 4.79 Å². The van der Waals surface area contributed by atoms with Crippen LogP contribution >= 0.6 is 11.8 Å². The number of aliphatic imine (C=N–C) groups is 1. The summed E-state index contributed by atoms with van der Waals surface area (Å²) in [6, 6.07) is 0. The smallest absolute Gasteiger partial charge is 0.268 e. The van der Waals surface area contributed by atoms with Crippen molar-refractivity contribution in [1.82, 2.24) is 20.6 Å². The van der Waals surface area contributed by atoms with Gasteiger partial charge in [-0.15, -0.1) is 0 Å². The van der Waals surface area contributed by atoms with Gasteiger partial charge in [-0.3, -0.25) is 20.1 Å². The number of nitrogens with two attached hydrogens (primary N) is 1. The lowest BCUT2D eigenvalue weighted by atomic mass is 10.4. The van der Waals surface area contributed by atoms with Crippen molar-refractivity contribution in [3.63, 3.8) is 0 Å². The maximum absolute atomic E-state index is 11.0. The van der Waals surface area contributed by atoms with E-state index >= 15 is 0 Å². The molecule has 0 aliphatic carbocycles. The fourth-order valence-electron chi connectivity index (χ4n) is 1.25. The molecule has 0 aromatic carbocycles. The summed E-state index contributed by atoms with van der Waals surface area (Å²) in [5.41, 5.74) is 6.00. The first kappa shape index (κ1) is 15.7. The van der Waals surface area contributed by atoms with Crippen LogP contribution in [0.5, 0.6) is 0 Å². The molecule has 0 unspecified atom stereocenters. The molecule has 0 aliphatic rings. The van der Waals surface area contributed by atoms with E-state index < -0.39 is 5.91 Å². The summed E-state index contributed by atoms with van der Waals surface area (Å²) in [5.74, 6) is 1.26. The molecule has 0 bridgehead atoms. The van der Waals surface area contributed by atoms with E-state index in [1.807, 2.05) is 0 Å². The highest BCUT2D eigenvalue weighted by atomic mass is 32.2. The number of nitriles is 1. The average molecular weight is 293 g/mol. The van der Waals surface area contributed by atoms with Gasteiger partial charge in [-0.05, 0) is 0 Å². The van der Waals surface area contributed by atoms with E-state index in [1.165, 1.54) is 6.20 Å². The van der Waals surface area contributed by atoms with Crippen LogP contribution in [-0.4, -0.2) is 41.2 Å². The van der Waals surface area contributed by atoms with Crippen LogP contribution in [0.2, 0.25) is 0 Å². The molecule has 9 heteroatoms. The van der Waals surface area contributed by atoms with Gasteiger partial charge in [0.05, 0.1) is 11.9 Å². The van der Waals surface area contributed by atoms with Crippen molar-refractivity contribution >= 4 is 23.6 Å². The summed E-state index contributed by atoms with van der Waals surface area (Å²) in [5, 5.41) is 13.8. The molecule has 1 aromatic heterocycles. The van der Waals surface area contributed by atoms with Gasteiger partial charge in [-0.1, -0.05) is 0 Å². The Bertz CT molecular complexity index is 526. The average Bonchev–Trinajstić information content (AvgIpc) is 2.46. The molecule has 1 aromatic rings. The highest BCUT2D eigenvalue weighted by Gasteiger charge is 2.04. The highest BCUT2D eigenvalue weighted by Crippen LogP contribution is 2.08. The van der Waals surface area contributed by atoms with E-state index in [9.17, 15) is 4.79 Å². The molecule has 0 atom stereocenters. The van der Waals surface area contributed by atoms with Crippen LogP contribution in [0.1, 0.15) is 16.2 Å². The number of hydrogen-bond donors (Lipinski definition) is 3. The Hall–Kier alpha value is -2.34. The zero-order chi connectivity index (χ0) is 14.8. The van der Waals surface area contributed by atoms with E-state index in [4.69, 9.17) is 11.0 Å². The van der Waals surface area contributed by atoms with Crippen LogP contribution in [0.15, 0.2) is 17.4 Å². The van der Waals surface area contributed by atoms with E-state index in [2.05, 4.69) is 25.6 Å². The van der Waals surface area contributed by atoms with Crippen molar-refractivity contribution in [2.24, 2.45) is 10.7 Å². The lowest BCUT2D eigenvalue weighted by molar-refractivity contribution is 0.0995. The maximum atomic E-state index is 11.0. The highest BCUT2D eigenvalue weighted by molar-refractivity contribution is 7.98. The number of aromatic nitrogens is 2. The summed E-state index contributed by atoms with van der Waals surface area (Å²) in [6.45, 7) is 0.648. The van der Waals surface area contributed by atoms with Gasteiger partial charge >= 0.3 is 0 Å². The molecule has 0 fully saturated rings. The lowest BCUT2D eigenvalue weighted by Gasteiger charge is -2.06. The molecule has 1 rings (SSSR count). The normalized spacial score (nSPS) is 10.7. The third-order valence-electron chi connectivity index (χ3n) is 2.12. The zero-order valence-electron chi connectivity index (χ0n) is 11.0. The van der Waals surface area contributed by atoms with Gasteiger partial charge in [0.2, 0.25) is 5.96 Å². The second kappa shape index (κ2) is 8.71. The fraction of sp³-hybridized carbons (Fsp3) is 0.364. The van der Waals surface area contributed by atoms with Crippen molar-refractivity contribution in [3.8, 4) is 6.19 Å². The number of thioether (sulfide) groups is 1. The van der Waals surface area contributed by atoms with Crippen molar-refractivity contribution in [2.45, 2.75) is 5.75 Å². The summed E-state index contributed by atoms with van der Waals surface area (Å²) >= 11 is 1.61. The molecule has 0 spiro atoms. The number of primary amides is 1. The van der Waals surface area contributed by atoms with E-state index in [1.54, 1.807) is 31.2 Å². The second-order valence-corrected chi connectivity index (χ2v) is 4.65. The van der Waals surface area contributed by atoms with Gasteiger partial charge in [0.25, 0.3) is 5.91 Å². The minimum atomic E-state index is -0.586. The molecule has 1 heterocycles. The molecule has 0 saturated carbocycles. The van der Waals surface area contributed by atoms with Gasteiger partial charge in [0.1, 0.15) is 5.69 Å². The summed E-state index contributed by atoms with van der Waals surface area (Å²) in [7, 11) is 1.59. The predicted octanol–water partition coefficient (Wildman–Crippen LogP) is -0.545. The van der Waals surface area contributed by atoms with E-state index in [0.29, 0.717) is 24.0 Å². The molecule has 0 aliphatic heterocycles. The Morgan fingerprint density at radius 3 is 3.05 bits per heavy atom. The summed E-state index contributed by atoms with van der Waals surface area (Å²) in [6.07, 6.45) is 4.73. The molecule has 20 heavy (non-hydrogen) atoms. The third-order valence-corrected chi connectivity index (χ3v) is 3.12. The molecule has 4 N–H and O–H groups in total. The van der Waals surface area contributed by atoms with Crippen molar-refractivity contribution in [1.29, 1.82) is 5.26 Å². The minimum absolute atomic E-state index is 0.167. The van der Waals surface area contributed by atoms with Gasteiger partial charge < -0.3 is 11.1 Å². The summed E-state index contributed by atoms with van der Waals surface area (Å²) in [4.78, 5) is 22.8. The van der Waals surface area contributed by atoms with Crippen LogP contribution in [0.3, 0.4) is 0 Å². The number of nitrogens with one attached hydrogen (secondary N) is 2. The van der Waals surface area contributed by atoms with Gasteiger partial charge in [-0.25, -0.2) is 4.98 Å². The van der Waals surface area contributed by atoms with Crippen LogP contribution in [0.25, 0.3) is 0 Å². The molecule has 1 amide bonds. The first-order valence-corrected chi connectivity index (χ1v) is 6.87. The topological polar surface area (TPSA) is 129 Å². The number of carbonyl (C=O) groups is 1. The van der Waals surface area contributed by atoms with Crippen LogP contribution < -0.4 is 16.4 Å². The molecular weight excluding hydrogens is 278 g/mol. The van der Waals surface area contributed by atoms with Crippen LogP contribution in [0, 0.1) is 11.5 Å². The maximum Gasteiger partial charge on any atom is 0.268 e. The number of hydrogen-bond acceptors (Lipinski definition) is 6. The van der Waals surface area contributed by atoms with E-state index in [-0.39, 0.29) is 5.69 Å². The van der Waals surface area contributed by atoms with E-state index in [0.717, 1.165) is 5.75 Å². The minimum Gasteiger partial charge on any atom is -0.364 e. The summed E-state index contributed by atoms with van der Waals surface area (Å²) < 4.78 is 0. The fourth-order valence-corrected chi connectivity index (χ4v) is 1.98. The Balaban J connectivity index is 2.30. The Kier molecular flexibility index (Phi) is 6.84. The standard InChI is InChI=1S/C11H15N7OS/c1-14-11(17-7-12)16-2-3-20-6-8-4-15-5-9(18-8)10(13)19/h4-5H,2-3,6H2,1H3,(H2,13,19)(H2,14,16,17). The molecule has 0 radical (unpaired) electrons. The quantitative estimate of drug-likeness (QED) is 0.211. The zero-order valence-corrected chi connectivity index (χ0v) is 11.8. The number of rotatable bonds is 6. The predicted molar refractivity (Wildman–Crippen MR) is 76.8 cm³/mol. The number of guanidine groups is 1. The molecule has 8 nitrogen and oxygen atoms in total. The third kappa shape index (κ3) is 5.53. The SMILES string of the molecule is CN=C(NC#N)NCCSCc1cncc(C(N)=O)n1. The molecular formula is C11H15N7OS. The van der Waals surface area contributed by atoms with Gasteiger partial charge in [-0.2, -0.15) is 17.0 Å². The van der Waals surface area contributed by atoms with Crippen molar-refractivity contribution in [2.75, 3.05) is 19.3 Å². The van der Waals surface area contributed by atoms with Crippen LogP contribution in [0.4, 0.5) is 0 Å². The van der Waals surface area contributed by atoms with Crippen molar-refractivity contribution in [3.05, 3.63) is 23.8 Å². The first-order valence-electron chi connectivity index (χ1n) is 5.71. The second-order valence-electron chi connectivity index (χ2n) is 3.55. The van der Waals surface area contributed by atoms with Gasteiger partial charge in [0.15, 0.2) is 6.19 Å². The van der Waals surface area contributed by atoms with Gasteiger partial charge in [0, 0.05) is 31.3 Å². The number of carbonyl (C=O) groups excluding carboxylic acids is 1.